The Hall–Kier alpha value is -1.18. The lowest BCUT2D eigenvalue weighted by molar-refractivity contribution is 0.180. The summed E-state index contributed by atoms with van der Waals surface area (Å²) < 4.78 is 43.8. The molecule has 0 aliphatic carbocycles. The van der Waals surface area contributed by atoms with Gasteiger partial charge in [0.05, 0.1) is 17.2 Å². The summed E-state index contributed by atoms with van der Waals surface area (Å²) in [5, 5.41) is 0. The van der Waals surface area contributed by atoms with Crippen LogP contribution in [0.5, 0.6) is 0 Å². The van der Waals surface area contributed by atoms with E-state index in [-0.39, 0.29) is 23.2 Å². The Balaban J connectivity index is 2.93. The molecule has 1 rings (SSSR count). The van der Waals surface area contributed by atoms with Crippen LogP contribution in [-0.4, -0.2) is 28.2 Å². The number of sulfonamides is 1. The summed E-state index contributed by atoms with van der Waals surface area (Å²) in [6.45, 7) is 1.91. The summed E-state index contributed by atoms with van der Waals surface area (Å²) in [5.41, 5.74) is 5.11. The Kier molecular flexibility index (Phi) is 4.44. The number of hydrogen-bond donors (Lipinski definition) is 2. The monoisotopic (exact) mass is 262 g/mol. The van der Waals surface area contributed by atoms with E-state index < -0.39 is 15.8 Å². The first-order valence-corrected chi connectivity index (χ1v) is 6.41. The lowest BCUT2D eigenvalue weighted by Gasteiger charge is -2.13. The fourth-order valence-electron chi connectivity index (χ4n) is 1.31. The summed E-state index contributed by atoms with van der Waals surface area (Å²) in [4.78, 5) is -0.0700. The Morgan fingerprint density at radius 2 is 2.18 bits per heavy atom. The van der Waals surface area contributed by atoms with E-state index in [0.717, 1.165) is 18.2 Å². The number of nitrogens with two attached hydrogens (primary N) is 1. The molecular weight excluding hydrogens is 247 g/mol. The lowest BCUT2D eigenvalue weighted by Crippen LogP contribution is -2.35. The van der Waals surface area contributed by atoms with E-state index in [1.165, 1.54) is 7.11 Å². The molecule has 0 radical (unpaired) electrons. The summed E-state index contributed by atoms with van der Waals surface area (Å²) in [6.07, 6.45) is 0. The van der Waals surface area contributed by atoms with Crippen molar-refractivity contribution < 1.29 is 17.5 Å². The third-order valence-electron chi connectivity index (χ3n) is 2.05. The van der Waals surface area contributed by atoms with Gasteiger partial charge in [-0.2, -0.15) is 0 Å². The SMILES string of the molecule is COCC(C)NS(=O)(=O)c1ccc(F)c(N)c1. The van der Waals surface area contributed by atoms with Crippen LogP contribution >= 0.6 is 0 Å². The highest BCUT2D eigenvalue weighted by Gasteiger charge is 2.18. The molecule has 0 amide bonds. The maximum absolute atomic E-state index is 12.9. The van der Waals surface area contributed by atoms with Gasteiger partial charge >= 0.3 is 0 Å². The van der Waals surface area contributed by atoms with E-state index in [0.29, 0.717) is 0 Å². The van der Waals surface area contributed by atoms with Crippen molar-refractivity contribution >= 4 is 15.7 Å². The summed E-state index contributed by atoms with van der Waals surface area (Å²) in [5.74, 6) is -0.645. The number of benzene rings is 1. The first kappa shape index (κ1) is 13.9. The zero-order valence-corrected chi connectivity index (χ0v) is 10.4. The standard InChI is InChI=1S/C10H15FN2O3S/c1-7(6-16-2)13-17(14,15)8-3-4-9(11)10(12)5-8/h3-5,7,13H,6,12H2,1-2H3. The highest BCUT2D eigenvalue weighted by molar-refractivity contribution is 7.89. The molecule has 0 aliphatic rings. The van der Waals surface area contributed by atoms with Crippen LogP contribution < -0.4 is 10.5 Å². The molecule has 17 heavy (non-hydrogen) atoms. The Bertz CT molecular complexity index is 490. The van der Waals surface area contributed by atoms with Crippen LogP contribution in [-0.2, 0) is 14.8 Å². The Morgan fingerprint density at radius 1 is 1.53 bits per heavy atom. The molecule has 3 N–H and O–H groups in total. The fraction of sp³-hybridized carbons (Fsp3) is 0.400. The molecule has 0 aromatic heterocycles. The van der Waals surface area contributed by atoms with Crippen LogP contribution in [0.1, 0.15) is 6.92 Å². The molecule has 0 fully saturated rings. The van der Waals surface area contributed by atoms with Crippen LogP contribution in [0.4, 0.5) is 10.1 Å². The third kappa shape index (κ3) is 3.65. The van der Waals surface area contributed by atoms with Gasteiger partial charge in [-0.25, -0.2) is 17.5 Å². The van der Waals surface area contributed by atoms with Gasteiger partial charge < -0.3 is 10.5 Å². The van der Waals surface area contributed by atoms with Gasteiger partial charge in [0.1, 0.15) is 5.82 Å². The van der Waals surface area contributed by atoms with E-state index in [4.69, 9.17) is 10.5 Å². The van der Waals surface area contributed by atoms with E-state index in [2.05, 4.69) is 4.72 Å². The average Bonchev–Trinajstić information content (AvgIpc) is 2.21. The number of nitrogens with one attached hydrogen (secondary N) is 1. The van der Waals surface area contributed by atoms with Crippen LogP contribution in [0.2, 0.25) is 0 Å². The molecule has 5 nitrogen and oxygen atoms in total. The summed E-state index contributed by atoms with van der Waals surface area (Å²) in [6, 6.07) is 2.88. The maximum atomic E-state index is 12.9. The van der Waals surface area contributed by atoms with E-state index in [9.17, 15) is 12.8 Å². The Labute approximate surface area is 99.8 Å². The highest BCUT2D eigenvalue weighted by atomic mass is 32.2. The van der Waals surface area contributed by atoms with Gasteiger partial charge in [0.2, 0.25) is 10.0 Å². The minimum absolute atomic E-state index is 0.0700. The molecule has 0 bridgehead atoms. The molecule has 0 heterocycles. The first-order valence-electron chi connectivity index (χ1n) is 4.93. The molecule has 0 saturated heterocycles. The van der Waals surface area contributed by atoms with Gasteiger partial charge in [0.25, 0.3) is 0 Å². The van der Waals surface area contributed by atoms with Crippen molar-refractivity contribution in [2.45, 2.75) is 17.9 Å². The average molecular weight is 262 g/mol. The molecule has 1 aromatic rings. The third-order valence-corrected chi connectivity index (χ3v) is 3.64. The molecule has 1 unspecified atom stereocenters. The zero-order chi connectivity index (χ0) is 13.1. The second kappa shape index (κ2) is 5.44. The van der Waals surface area contributed by atoms with Crippen molar-refractivity contribution in [3.05, 3.63) is 24.0 Å². The maximum Gasteiger partial charge on any atom is 0.240 e. The second-order valence-corrected chi connectivity index (χ2v) is 5.37. The van der Waals surface area contributed by atoms with E-state index in [1.54, 1.807) is 6.92 Å². The normalized spacial score (nSPS) is 13.6. The minimum atomic E-state index is -3.70. The van der Waals surface area contributed by atoms with Crippen LogP contribution in [0.3, 0.4) is 0 Å². The van der Waals surface area contributed by atoms with Crippen molar-refractivity contribution in [2.75, 3.05) is 19.5 Å². The molecule has 1 atom stereocenters. The number of rotatable bonds is 5. The van der Waals surface area contributed by atoms with Crippen molar-refractivity contribution in [3.8, 4) is 0 Å². The van der Waals surface area contributed by atoms with Gasteiger partial charge in [0, 0.05) is 13.2 Å². The van der Waals surface area contributed by atoms with Crippen molar-refractivity contribution in [1.29, 1.82) is 0 Å². The van der Waals surface area contributed by atoms with E-state index in [1.807, 2.05) is 0 Å². The van der Waals surface area contributed by atoms with Gasteiger partial charge in [0.15, 0.2) is 0 Å². The first-order chi connectivity index (χ1) is 7.86. The molecule has 0 saturated carbocycles. The summed E-state index contributed by atoms with van der Waals surface area (Å²) in [7, 11) is -2.22. The molecular formula is C10H15FN2O3S. The van der Waals surface area contributed by atoms with E-state index >= 15 is 0 Å². The molecule has 1 aromatic carbocycles. The number of nitrogen functional groups attached to an aromatic ring is 1. The van der Waals surface area contributed by atoms with Crippen molar-refractivity contribution in [1.82, 2.24) is 4.72 Å². The topological polar surface area (TPSA) is 81.4 Å². The number of hydrogen-bond acceptors (Lipinski definition) is 4. The minimum Gasteiger partial charge on any atom is -0.396 e. The number of halogens is 1. The van der Waals surface area contributed by atoms with Crippen LogP contribution in [0.25, 0.3) is 0 Å². The molecule has 0 aliphatic heterocycles. The predicted molar refractivity (Wildman–Crippen MR) is 62.5 cm³/mol. The van der Waals surface area contributed by atoms with Gasteiger partial charge in [-0.3, -0.25) is 0 Å². The predicted octanol–water partition coefficient (Wildman–Crippen LogP) is 0.721. The summed E-state index contributed by atoms with van der Waals surface area (Å²) >= 11 is 0. The van der Waals surface area contributed by atoms with Crippen LogP contribution in [0.15, 0.2) is 23.1 Å². The van der Waals surface area contributed by atoms with Crippen molar-refractivity contribution in [3.63, 3.8) is 0 Å². The number of ether oxygens (including phenoxy) is 1. The Morgan fingerprint density at radius 3 is 2.71 bits per heavy atom. The number of methoxy groups -OCH3 is 1. The fourth-order valence-corrected chi connectivity index (χ4v) is 2.57. The lowest BCUT2D eigenvalue weighted by atomic mass is 10.3. The van der Waals surface area contributed by atoms with Crippen LogP contribution in [0, 0.1) is 5.82 Å². The second-order valence-electron chi connectivity index (χ2n) is 3.66. The quantitative estimate of drug-likeness (QED) is 0.766. The smallest absolute Gasteiger partial charge is 0.240 e. The van der Waals surface area contributed by atoms with Gasteiger partial charge in [-0.15, -0.1) is 0 Å². The van der Waals surface area contributed by atoms with Gasteiger partial charge in [-0.1, -0.05) is 0 Å². The molecule has 96 valence electrons. The van der Waals surface area contributed by atoms with Gasteiger partial charge in [-0.05, 0) is 25.1 Å². The highest BCUT2D eigenvalue weighted by Crippen LogP contribution is 2.16. The molecule has 0 spiro atoms. The van der Waals surface area contributed by atoms with Crippen molar-refractivity contribution in [2.24, 2.45) is 0 Å². The number of anilines is 1. The zero-order valence-electron chi connectivity index (χ0n) is 9.60. The molecule has 7 heteroatoms. The largest absolute Gasteiger partial charge is 0.396 e.